The average molecular weight is 365 g/mol. The highest BCUT2D eigenvalue weighted by atomic mass is 16.5. The number of rotatable bonds is 3. The molecule has 5 heteroatoms. The van der Waals surface area contributed by atoms with Gasteiger partial charge in [0.15, 0.2) is 0 Å². The van der Waals surface area contributed by atoms with E-state index in [2.05, 4.69) is 40.2 Å². The van der Waals surface area contributed by atoms with Crippen molar-refractivity contribution in [3.05, 3.63) is 59.8 Å². The van der Waals surface area contributed by atoms with Crippen molar-refractivity contribution in [1.82, 2.24) is 9.88 Å². The molecule has 5 nitrogen and oxygen atoms in total. The Kier molecular flexibility index (Phi) is 4.87. The van der Waals surface area contributed by atoms with Gasteiger partial charge in [-0.3, -0.25) is 4.79 Å². The van der Waals surface area contributed by atoms with Gasteiger partial charge in [0.1, 0.15) is 5.82 Å². The minimum Gasteiger partial charge on any atom is -0.366 e. The smallest absolute Gasteiger partial charge is 0.224 e. The molecule has 0 bridgehead atoms. The van der Waals surface area contributed by atoms with Crippen molar-refractivity contribution >= 4 is 11.7 Å². The largest absolute Gasteiger partial charge is 0.366 e. The van der Waals surface area contributed by atoms with E-state index < -0.39 is 0 Å². The van der Waals surface area contributed by atoms with Crippen molar-refractivity contribution in [2.75, 3.05) is 32.1 Å². The Morgan fingerprint density at radius 3 is 2.63 bits per heavy atom. The summed E-state index contributed by atoms with van der Waals surface area (Å²) in [6.45, 7) is 1.80. The first kappa shape index (κ1) is 18.0. The van der Waals surface area contributed by atoms with E-state index in [9.17, 15) is 4.79 Å². The van der Waals surface area contributed by atoms with Gasteiger partial charge in [-0.15, -0.1) is 0 Å². The van der Waals surface area contributed by atoms with Gasteiger partial charge in [0.2, 0.25) is 5.91 Å². The molecule has 0 N–H and O–H groups in total. The number of hydrogen-bond donors (Lipinski definition) is 0. The molecule has 0 saturated carbocycles. The van der Waals surface area contributed by atoms with E-state index >= 15 is 0 Å². The van der Waals surface area contributed by atoms with Crippen molar-refractivity contribution in [1.29, 1.82) is 0 Å². The molecule has 4 rings (SSSR count). The van der Waals surface area contributed by atoms with Crippen LogP contribution >= 0.6 is 0 Å². The number of anilines is 1. The summed E-state index contributed by atoms with van der Waals surface area (Å²) in [6, 6.07) is 14.6. The topological polar surface area (TPSA) is 45.7 Å². The molecule has 0 radical (unpaired) electrons. The van der Waals surface area contributed by atoms with E-state index in [0.717, 1.165) is 38.2 Å². The highest BCUT2D eigenvalue weighted by molar-refractivity contribution is 5.76. The number of carbonyl (C=O) groups excluding carboxylic acids is 1. The normalized spacial score (nSPS) is 21.0. The summed E-state index contributed by atoms with van der Waals surface area (Å²) in [5, 5.41) is 0. The standard InChI is InChI=1S/C22H27N3O2/c1-24(2)21(26)16-18-15-17-7-3-4-8-19(17)22(27-18)10-13-25(14-11-22)20-9-5-6-12-23-20/h3-9,12,18H,10-11,13-16H2,1-2H3. The molecule has 142 valence electrons. The Hall–Kier alpha value is -2.40. The molecule has 1 spiro atoms. The van der Waals surface area contributed by atoms with Gasteiger partial charge in [-0.25, -0.2) is 4.98 Å². The number of benzene rings is 1. The van der Waals surface area contributed by atoms with Gasteiger partial charge in [0.05, 0.1) is 18.1 Å². The van der Waals surface area contributed by atoms with Crippen molar-refractivity contribution in [3.63, 3.8) is 0 Å². The summed E-state index contributed by atoms with van der Waals surface area (Å²) in [5.41, 5.74) is 2.34. The zero-order valence-electron chi connectivity index (χ0n) is 16.1. The summed E-state index contributed by atoms with van der Waals surface area (Å²) < 4.78 is 6.65. The number of ether oxygens (including phenoxy) is 1. The molecule has 3 heterocycles. The van der Waals surface area contributed by atoms with Crippen molar-refractivity contribution < 1.29 is 9.53 Å². The zero-order chi connectivity index (χ0) is 18.9. The number of hydrogen-bond acceptors (Lipinski definition) is 4. The Balaban J connectivity index is 1.56. The fourth-order valence-corrected chi connectivity index (χ4v) is 4.33. The first-order valence-corrected chi connectivity index (χ1v) is 9.70. The lowest BCUT2D eigenvalue weighted by Gasteiger charge is -2.47. The van der Waals surface area contributed by atoms with Gasteiger partial charge in [-0.1, -0.05) is 30.3 Å². The molecule has 2 aromatic rings. The number of carbonyl (C=O) groups is 1. The maximum atomic E-state index is 12.3. The molecule has 1 unspecified atom stereocenters. The summed E-state index contributed by atoms with van der Waals surface area (Å²) in [4.78, 5) is 20.7. The van der Waals surface area contributed by atoms with Crippen LogP contribution < -0.4 is 4.90 Å². The minimum absolute atomic E-state index is 0.0591. The second-order valence-corrected chi connectivity index (χ2v) is 7.76. The summed E-state index contributed by atoms with van der Waals surface area (Å²) in [7, 11) is 3.61. The van der Waals surface area contributed by atoms with E-state index in [4.69, 9.17) is 4.74 Å². The number of amides is 1. The molecule has 2 aliphatic heterocycles. The van der Waals surface area contributed by atoms with Crippen LogP contribution in [-0.2, 0) is 21.6 Å². The van der Waals surface area contributed by atoms with E-state index in [-0.39, 0.29) is 17.6 Å². The quantitative estimate of drug-likeness (QED) is 0.839. The molecular formula is C22H27N3O2. The summed E-state index contributed by atoms with van der Waals surface area (Å²) in [5.74, 6) is 1.15. The van der Waals surface area contributed by atoms with Crippen LogP contribution in [0.25, 0.3) is 0 Å². The third kappa shape index (κ3) is 3.56. The number of nitrogens with zero attached hydrogens (tertiary/aromatic N) is 3. The Bertz CT molecular complexity index is 798. The van der Waals surface area contributed by atoms with E-state index in [1.165, 1.54) is 11.1 Å². The predicted molar refractivity (Wildman–Crippen MR) is 106 cm³/mol. The van der Waals surface area contributed by atoms with Crippen LogP contribution in [0.1, 0.15) is 30.4 Å². The number of fused-ring (bicyclic) bond motifs is 2. The Labute approximate surface area is 161 Å². The van der Waals surface area contributed by atoms with E-state index in [1.54, 1.807) is 19.0 Å². The summed E-state index contributed by atoms with van der Waals surface area (Å²) >= 11 is 0. The number of piperidine rings is 1. The highest BCUT2D eigenvalue weighted by Gasteiger charge is 2.44. The van der Waals surface area contributed by atoms with E-state index in [1.807, 2.05) is 18.3 Å². The van der Waals surface area contributed by atoms with Gasteiger partial charge in [-0.05, 0) is 42.5 Å². The molecule has 1 atom stereocenters. The van der Waals surface area contributed by atoms with Gasteiger partial charge in [0.25, 0.3) is 0 Å². The van der Waals surface area contributed by atoms with Crippen molar-refractivity contribution in [2.45, 2.75) is 37.4 Å². The maximum absolute atomic E-state index is 12.3. The Morgan fingerprint density at radius 1 is 1.19 bits per heavy atom. The maximum Gasteiger partial charge on any atom is 0.224 e. The van der Waals surface area contributed by atoms with Crippen LogP contribution in [0.3, 0.4) is 0 Å². The second kappa shape index (κ2) is 7.31. The first-order chi connectivity index (χ1) is 13.1. The zero-order valence-corrected chi connectivity index (χ0v) is 16.1. The van der Waals surface area contributed by atoms with Gasteiger partial charge in [0, 0.05) is 33.4 Å². The third-order valence-electron chi connectivity index (χ3n) is 5.79. The molecule has 27 heavy (non-hydrogen) atoms. The van der Waals surface area contributed by atoms with Crippen LogP contribution in [0.4, 0.5) is 5.82 Å². The average Bonchev–Trinajstić information content (AvgIpc) is 2.69. The lowest BCUT2D eigenvalue weighted by Crippen LogP contribution is -2.49. The van der Waals surface area contributed by atoms with Gasteiger partial charge >= 0.3 is 0 Å². The van der Waals surface area contributed by atoms with Crippen molar-refractivity contribution in [2.24, 2.45) is 0 Å². The second-order valence-electron chi connectivity index (χ2n) is 7.76. The fourth-order valence-electron chi connectivity index (χ4n) is 4.33. The van der Waals surface area contributed by atoms with Crippen LogP contribution in [0, 0.1) is 0 Å². The highest BCUT2D eigenvalue weighted by Crippen LogP contribution is 2.44. The van der Waals surface area contributed by atoms with Crippen LogP contribution in [0.15, 0.2) is 48.7 Å². The van der Waals surface area contributed by atoms with Gasteiger partial charge in [-0.2, -0.15) is 0 Å². The third-order valence-corrected chi connectivity index (χ3v) is 5.79. The first-order valence-electron chi connectivity index (χ1n) is 9.70. The SMILES string of the molecule is CN(C)C(=O)CC1Cc2ccccc2C2(CCN(c3ccccn3)CC2)O1. The van der Waals surface area contributed by atoms with Crippen LogP contribution in [0.2, 0.25) is 0 Å². The molecule has 1 amide bonds. The molecule has 1 aromatic carbocycles. The van der Waals surface area contributed by atoms with Crippen molar-refractivity contribution in [3.8, 4) is 0 Å². The fraction of sp³-hybridized carbons (Fsp3) is 0.455. The Morgan fingerprint density at radius 2 is 1.93 bits per heavy atom. The van der Waals surface area contributed by atoms with Gasteiger partial charge < -0.3 is 14.5 Å². The molecule has 1 saturated heterocycles. The molecule has 1 fully saturated rings. The molecule has 0 aliphatic carbocycles. The van der Waals surface area contributed by atoms with Crippen LogP contribution in [0.5, 0.6) is 0 Å². The molecule has 1 aromatic heterocycles. The monoisotopic (exact) mass is 365 g/mol. The lowest BCUT2D eigenvalue weighted by molar-refractivity contribution is -0.146. The molecular weight excluding hydrogens is 338 g/mol. The van der Waals surface area contributed by atoms with E-state index in [0.29, 0.717) is 6.42 Å². The summed E-state index contributed by atoms with van der Waals surface area (Å²) in [6.07, 6.45) is 4.85. The number of pyridine rings is 1. The minimum atomic E-state index is -0.294. The number of aromatic nitrogens is 1. The predicted octanol–water partition coefficient (Wildman–Crippen LogP) is 3.00. The molecule has 2 aliphatic rings. The lowest BCUT2D eigenvalue weighted by atomic mass is 9.78. The van der Waals surface area contributed by atoms with Crippen LogP contribution in [-0.4, -0.2) is 49.1 Å².